The van der Waals surface area contributed by atoms with Crippen LogP contribution in [-0.2, 0) is 6.42 Å². The van der Waals surface area contributed by atoms with Crippen LogP contribution in [0.3, 0.4) is 0 Å². The first kappa shape index (κ1) is 8.99. The molecule has 14 heavy (non-hydrogen) atoms. The highest BCUT2D eigenvalue weighted by Gasteiger charge is 2.01. The van der Waals surface area contributed by atoms with Gasteiger partial charge >= 0.3 is 0 Å². The summed E-state index contributed by atoms with van der Waals surface area (Å²) in [4.78, 5) is 0. The SMILES string of the molecule is CC(C)Cc1ccc2nnnnc2c1. The summed E-state index contributed by atoms with van der Waals surface area (Å²) in [5.74, 6) is 0.648. The molecular formula is C10H12N4. The van der Waals surface area contributed by atoms with Gasteiger partial charge in [0.2, 0.25) is 0 Å². The number of hydrogen-bond donors (Lipinski definition) is 0. The van der Waals surface area contributed by atoms with Crippen molar-refractivity contribution >= 4 is 11.0 Å². The summed E-state index contributed by atoms with van der Waals surface area (Å²) in [6.45, 7) is 4.39. The fraction of sp³-hybridized carbons (Fsp3) is 0.400. The molecule has 0 aliphatic heterocycles. The van der Waals surface area contributed by atoms with Crippen LogP contribution in [0.2, 0.25) is 0 Å². The Morgan fingerprint density at radius 1 is 1.07 bits per heavy atom. The number of nitrogens with zero attached hydrogens (tertiary/aromatic N) is 4. The molecule has 0 amide bonds. The van der Waals surface area contributed by atoms with Gasteiger partial charge in [-0.1, -0.05) is 19.9 Å². The van der Waals surface area contributed by atoms with E-state index >= 15 is 0 Å². The van der Waals surface area contributed by atoms with E-state index in [9.17, 15) is 0 Å². The number of rotatable bonds is 2. The van der Waals surface area contributed by atoms with Crippen LogP contribution in [0.4, 0.5) is 0 Å². The summed E-state index contributed by atoms with van der Waals surface area (Å²) in [5.41, 5.74) is 2.89. The Balaban J connectivity index is 2.41. The summed E-state index contributed by atoms with van der Waals surface area (Å²) in [5, 5.41) is 14.8. The Morgan fingerprint density at radius 2 is 1.79 bits per heavy atom. The van der Waals surface area contributed by atoms with Gasteiger partial charge in [0.05, 0.1) is 0 Å². The van der Waals surface area contributed by atoms with Gasteiger partial charge in [0.15, 0.2) is 0 Å². The van der Waals surface area contributed by atoms with Gasteiger partial charge in [-0.05, 0) is 40.5 Å². The second-order valence-electron chi connectivity index (χ2n) is 3.80. The zero-order valence-corrected chi connectivity index (χ0v) is 8.31. The van der Waals surface area contributed by atoms with Crippen molar-refractivity contribution in [2.24, 2.45) is 5.92 Å². The number of hydrogen-bond acceptors (Lipinski definition) is 4. The third-order valence-corrected chi connectivity index (χ3v) is 2.03. The highest BCUT2D eigenvalue weighted by Crippen LogP contribution is 2.13. The molecule has 1 heterocycles. The molecule has 0 N–H and O–H groups in total. The number of benzene rings is 1. The van der Waals surface area contributed by atoms with E-state index in [1.807, 2.05) is 12.1 Å². The van der Waals surface area contributed by atoms with Crippen LogP contribution in [0.15, 0.2) is 18.2 Å². The van der Waals surface area contributed by atoms with Gasteiger partial charge in [0.1, 0.15) is 11.0 Å². The van der Waals surface area contributed by atoms with Gasteiger partial charge in [-0.3, -0.25) is 0 Å². The molecule has 0 radical (unpaired) electrons. The van der Waals surface area contributed by atoms with Gasteiger partial charge in [0, 0.05) is 0 Å². The molecule has 2 rings (SSSR count). The minimum Gasteiger partial charge on any atom is -0.127 e. The maximum absolute atomic E-state index is 3.93. The van der Waals surface area contributed by atoms with Gasteiger partial charge in [-0.15, -0.1) is 10.2 Å². The van der Waals surface area contributed by atoms with Crippen LogP contribution in [0, 0.1) is 5.92 Å². The van der Waals surface area contributed by atoms with E-state index in [1.165, 1.54) is 5.56 Å². The van der Waals surface area contributed by atoms with E-state index in [1.54, 1.807) is 0 Å². The molecule has 4 heteroatoms. The molecule has 1 aromatic carbocycles. The first-order chi connectivity index (χ1) is 6.75. The summed E-state index contributed by atoms with van der Waals surface area (Å²) in [7, 11) is 0. The lowest BCUT2D eigenvalue weighted by Gasteiger charge is -2.04. The Labute approximate surface area is 82.4 Å². The van der Waals surface area contributed by atoms with Crippen molar-refractivity contribution < 1.29 is 0 Å². The molecule has 1 aromatic heterocycles. The van der Waals surface area contributed by atoms with Crippen LogP contribution < -0.4 is 0 Å². The number of aromatic nitrogens is 4. The van der Waals surface area contributed by atoms with Crippen LogP contribution in [0.5, 0.6) is 0 Å². The third kappa shape index (κ3) is 1.84. The Bertz CT molecular complexity index is 439. The summed E-state index contributed by atoms with van der Waals surface area (Å²) in [6.07, 6.45) is 1.06. The Kier molecular flexibility index (Phi) is 2.35. The van der Waals surface area contributed by atoms with E-state index in [2.05, 4.69) is 40.5 Å². The maximum atomic E-state index is 3.93. The van der Waals surface area contributed by atoms with Gasteiger partial charge in [0.25, 0.3) is 0 Å². The molecule has 0 saturated carbocycles. The van der Waals surface area contributed by atoms with Gasteiger partial charge < -0.3 is 0 Å². The van der Waals surface area contributed by atoms with Crippen molar-refractivity contribution in [1.82, 2.24) is 20.6 Å². The summed E-state index contributed by atoms with van der Waals surface area (Å²) < 4.78 is 0. The predicted octanol–water partition coefficient (Wildman–Crippen LogP) is 1.62. The van der Waals surface area contributed by atoms with Crippen molar-refractivity contribution in [3.05, 3.63) is 23.8 Å². The third-order valence-electron chi connectivity index (χ3n) is 2.03. The van der Waals surface area contributed by atoms with Crippen molar-refractivity contribution in [3.8, 4) is 0 Å². The van der Waals surface area contributed by atoms with Crippen molar-refractivity contribution in [1.29, 1.82) is 0 Å². The normalized spacial score (nSPS) is 11.1. The quantitative estimate of drug-likeness (QED) is 0.718. The lowest BCUT2D eigenvalue weighted by atomic mass is 10.0. The molecule has 0 saturated heterocycles. The van der Waals surface area contributed by atoms with Crippen molar-refractivity contribution in [2.75, 3.05) is 0 Å². The van der Waals surface area contributed by atoms with E-state index in [4.69, 9.17) is 0 Å². The largest absolute Gasteiger partial charge is 0.127 e. The molecule has 0 fully saturated rings. The Morgan fingerprint density at radius 3 is 2.50 bits per heavy atom. The predicted molar refractivity (Wildman–Crippen MR) is 53.7 cm³/mol. The average Bonchev–Trinajstić information content (AvgIpc) is 2.17. The minimum absolute atomic E-state index is 0.648. The van der Waals surface area contributed by atoms with Crippen LogP contribution in [0.1, 0.15) is 19.4 Å². The van der Waals surface area contributed by atoms with E-state index in [-0.39, 0.29) is 0 Å². The van der Waals surface area contributed by atoms with Gasteiger partial charge in [-0.2, -0.15) is 0 Å². The lowest BCUT2D eigenvalue weighted by molar-refractivity contribution is 0.647. The van der Waals surface area contributed by atoms with Crippen molar-refractivity contribution in [3.63, 3.8) is 0 Å². The van der Waals surface area contributed by atoms with Gasteiger partial charge in [-0.25, -0.2) is 0 Å². The van der Waals surface area contributed by atoms with Crippen LogP contribution in [-0.4, -0.2) is 20.6 Å². The molecule has 2 aromatic rings. The smallest absolute Gasteiger partial charge is 0.115 e. The maximum Gasteiger partial charge on any atom is 0.115 e. The topological polar surface area (TPSA) is 51.6 Å². The van der Waals surface area contributed by atoms with E-state index in [0.717, 1.165) is 17.5 Å². The molecule has 4 nitrogen and oxygen atoms in total. The van der Waals surface area contributed by atoms with Crippen LogP contribution >= 0.6 is 0 Å². The summed E-state index contributed by atoms with van der Waals surface area (Å²) >= 11 is 0. The lowest BCUT2D eigenvalue weighted by Crippen LogP contribution is -1.96. The molecule has 0 unspecified atom stereocenters. The highest BCUT2D eigenvalue weighted by molar-refractivity contribution is 5.73. The zero-order valence-electron chi connectivity index (χ0n) is 8.31. The molecule has 0 aliphatic carbocycles. The fourth-order valence-electron chi connectivity index (χ4n) is 1.47. The Hall–Kier alpha value is -1.58. The highest BCUT2D eigenvalue weighted by atomic mass is 15.4. The second kappa shape index (κ2) is 3.65. The molecular weight excluding hydrogens is 176 g/mol. The first-order valence-electron chi connectivity index (χ1n) is 4.70. The standard InChI is InChI=1S/C10H12N4/c1-7(2)5-8-3-4-9-10(6-8)12-14-13-11-9/h3-4,6-7H,5H2,1-2H3. The van der Waals surface area contributed by atoms with E-state index in [0.29, 0.717) is 5.92 Å². The molecule has 72 valence electrons. The second-order valence-corrected chi connectivity index (χ2v) is 3.80. The minimum atomic E-state index is 0.648. The summed E-state index contributed by atoms with van der Waals surface area (Å²) in [6, 6.07) is 6.03. The fourth-order valence-corrected chi connectivity index (χ4v) is 1.47. The molecule has 0 bridgehead atoms. The number of fused-ring (bicyclic) bond motifs is 1. The molecule has 0 atom stereocenters. The molecule has 0 spiro atoms. The van der Waals surface area contributed by atoms with E-state index < -0.39 is 0 Å². The van der Waals surface area contributed by atoms with Crippen molar-refractivity contribution in [2.45, 2.75) is 20.3 Å². The van der Waals surface area contributed by atoms with Crippen LogP contribution in [0.25, 0.3) is 11.0 Å². The monoisotopic (exact) mass is 188 g/mol. The zero-order chi connectivity index (χ0) is 9.97. The first-order valence-corrected chi connectivity index (χ1v) is 4.70. The average molecular weight is 188 g/mol. The molecule has 0 aliphatic rings.